The first kappa shape index (κ1) is 31.6. The molecule has 0 radical (unpaired) electrons. The first-order valence-corrected chi connectivity index (χ1v) is 16.9. The van der Waals surface area contributed by atoms with E-state index < -0.39 is 27.4 Å². The van der Waals surface area contributed by atoms with Gasteiger partial charge in [-0.25, -0.2) is 0 Å². The minimum absolute atomic E-state index is 0.000307. The average molecular weight is 610 g/mol. The Morgan fingerprint density at radius 3 is 2.30 bits per heavy atom. The van der Waals surface area contributed by atoms with Crippen molar-refractivity contribution in [2.45, 2.75) is 81.3 Å². The molecule has 4 heterocycles. The predicted molar refractivity (Wildman–Crippen MR) is 171 cm³/mol. The predicted octanol–water partition coefficient (Wildman–Crippen LogP) is 4.82. The summed E-state index contributed by atoms with van der Waals surface area (Å²) in [4.78, 5) is 49.0. The van der Waals surface area contributed by atoms with E-state index in [4.69, 9.17) is 4.74 Å². The highest BCUT2D eigenvalue weighted by Gasteiger charge is 2.73. The maximum atomic E-state index is 14.6. The molecule has 2 fully saturated rings. The number of fused-ring (bicyclic) bond motifs is 2. The molecule has 43 heavy (non-hydrogen) atoms. The minimum atomic E-state index is -0.819. The number of hydrogen-bond acceptors (Lipinski definition) is 6. The molecule has 4 aliphatic heterocycles. The molecule has 0 bridgehead atoms. The number of ether oxygens (including phenoxy) is 1. The molecule has 5 atom stereocenters. The summed E-state index contributed by atoms with van der Waals surface area (Å²) in [6.45, 7) is 8.97. The molecule has 5 rings (SSSR count). The summed E-state index contributed by atoms with van der Waals surface area (Å²) in [6.07, 6.45) is 14.6. The molecule has 8 nitrogen and oxygen atoms in total. The molecule has 1 aromatic rings. The van der Waals surface area contributed by atoms with E-state index in [9.17, 15) is 19.5 Å². The number of aliphatic hydroxyl groups is 1. The highest BCUT2D eigenvalue weighted by molar-refractivity contribution is 8.02. The van der Waals surface area contributed by atoms with Gasteiger partial charge in [-0.05, 0) is 57.4 Å². The van der Waals surface area contributed by atoms with Crippen LogP contribution in [0.25, 0.3) is 0 Å². The van der Waals surface area contributed by atoms with Crippen molar-refractivity contribution >= 4 is 35.2 Å². The summed E-state index contributed by atoms with van der Waals surface area (Å²) in [6, 6.07) is 6.91. The Kier molecular flexibility index (Phi) is 9.91. The zero-order valence-electron chi connectivity index (χ0n) is 25.9. The van der Waals surface area contributed by atoms with E-state index in [1.54, 1.807) is 16.7 Å². The molecule has 0 saturated carbocycles. The van der Waals surface area contributed by atoms with Gasteiger partial charge < -0.3 is 24.5 Å². The Balaban J connectivity index is 1.50. The average Bonchev–Trinajstić information content (AvgIpc) is 3.26. The lowest BCUT2D eigenvalue weighted by molar-refractivity contribution is -0.142. The fourth-order valence-corrected chi connectivity index (χ4v) is 9.59. The SMILES string of the molecule is CCCCCN1CC=C[C@]23S[C@]4(C)C=CCN(c5ccc(OCC)cc5)C(=O)[C@@H]4[C@H]2C(=O)N(CCCCCCO)C3C1=O. The van der Waals surface area contributed by atoms with Crippen LogP contribution < -0.4 is 9.64 Å². The number of hydrogen-bond donors (Lipinski definition) is 1. The summed E-state index contributed by atoms with van der Waals surface area (Å²) >= 11 is 1.64. The monoisotopic (exact) mass is 609 g/mol. The number of aliphatic hydroxyl groups excluding tert-OH is 1. The second kappa shape index (κ2) is 13.5. The van der Waals surface area contributed by atoms with Crippen molar-refractivity contribution in [3.05, 3.63) is 48.6 Å². The number of unbranched alkanes of at least 4 members (excludes halogenated alkanes) is 5. The third-order valence-corrected chi connectivity index (χ3v) is 11.2. The summed E-state index contributed by atoms with van der Waals surface area (Å²) in [7, 11) is 0. The molecule has 234 valence electrons. The van der Waals surface area contributed by atoms with E-state index >= 15 is 0 Å². The van der Waals surface area contributed by atoms with Gasteiger partial charge in [0, 0.05) is 43.2 Å². The molecular formula is C34H47N3O5S. The van der Waals surface area contributed by atoms with Gasteiger partial charge in [-0.1, -0.05) is 56.9 Å². The number of carbonyl (C=O) groups is 3. The van der Waals surface area contributed by atoms with Gasteiger partial charge in [-0.15, -0.1) is 11.8 Å². The Morgan fingerprint density at radius 1 is 0.860 bits per heavy atom. The molecule has 4 aliphatic rings. The number of anilines is 1. The second-order valence-corrected chi connectivity index (χ2v) is 14.1. The smallest absolute Gasteiger partial charge is 0.247 e. The maximum absolute atomic E-state index is 14.6. The highest BCUT2D eigenvalue weighted by Crippen LogP contribution is 2.65. The minimum Gasteiger partial charge on any atom is -0.494 e. The molecule has 1 aromatic carbocycles. The molecule has 3 amide bonds. The van der Waals surface area contributed by atoms with E-state index in [1.165, 1.54) is 0 Å². The third-order valence-electron chi connectivity index (χ3n) is 9.44. The lowest BCUT2D eigenvalue weighted by atomic mass is 9.74. The topological polar surface area (TPSA) is 90.4 Å². The van der Waals surface area contributed by atoms with Gasteiger partial charge in [0.2, 0.25) is 17.7 Å². The summed E-state index contributed by atoms with van der Waals surface area (Å²) in [5.41, 5.74) is 0.769. The first-order chi connectivity index (χ1) is 20.8. The van der Waals surface area contributed by atoms with E-state index in [0.717, 1.165) is 56.4 Å². The Bertz CT molecular complexity index is 1230. The third kappa shape index (κ3) is 5.87. The molecule has 2 saturated heterocycles. The maximum Gasteiger partial charge on any atom is 0.247 e. The van der Waals surface area contributed by atoms with Gasteiger partial charge in [-0.3, -0.25) is 14.4 Å². The van der Waals surface area contributed by atoms with Crippen molar-refractivity contribution in [2.24, 2.45) is 11.8 Å². The van der Waals surface area contributed by atoms with Crippen LogP contribution in [0.15, 0.2) is 48.6 Å². The first-order valence-electron chi connectivity index (χ1n) is 16.1. The Hall–Kier alpha value is -2.78. The van der Waals surface area contributed by atoms with Crippen LogP contribution in [-0.2, 0) is 14.4 Å². The summed E-state index contributed by atoms with van der Waals surface area (Å²) in [5.74, 6) is -0.662. The van der Waals surface area contributed by atoms with E-state index in [2.05, 4.69) is 32.1 Å². The fraction of sp³-hybridized carbons (Fsp3) is 0.618. The van der Waals surface area contributed by atoms with Crippen molar-refractivity contribution in [1.82, 2.24) is 9.80 Å². The molecular weight excluding hydrogens is 562 g/mol. The van der Waals surface area contributed by atoms with Crippen molar-refractivity contribution in [3.8, 4) is 5.75 Å². The number of rotatable bonds is 13. The van der Waals surface area contributed by atoms with Crippen molar-refractivity contribution in [1.29, 1.82) is 0 Å². The number of carbonyl (C=O) groups excluding carboxylic acids is 3. The lowest BCUT2D eigenvalue weighted by Crippen LogP contribution is -2.53. The largest absolute Gasteiger partial charge is 0.494 e. The van der Waals surface area contributed by atoms with Crippen LogP contribution in [0.1, 0.15) is 65.7 Å². The van der Waals surface area contributed by atoms with Gasteiger partial charge in [0.05, 0.1) is 23.2 Å². The Morgan fingerprint density at radius 2 is 1.58 bits per heavy atom. The number of nitrogens with zero attached hydrogens (tertiary/aromatic N) is 3. The van der Waals surface area contributed by atoms with E-state index in [0.29, 0.717) is 32.8 Å². The van der Waals surface area contributed by atoms with E-state index in [-0.39, 0.29) is 24.3 Å². The van der Waals surface area contributed by atoms with Gasteiger partial charge in [0.15, 0.2) is 0 Å². The molecule has 9 heteroatoms. The van der Waals surface area contributed by atoms with Crippen LogP contribution in [-0.4, -0.2) is 87.6 Å². The molecule has 1 unspecified atom stereocenters. The zero-order chi connectivity index (χ0) is 30.6. The molecule has 1 spiro atoms. The molecule has 0 aliphatic carbocycles. The van der Waals surface area contributed by atoms with Crippen LogP contribution in [0, 0.1) is 11.8 Å². The molecule has 1 N–H and O–H groups in total. The zero-order valence-corrected chi connectivity index (χ0v) is 26.7. The van der Waals surface area contributed by atoms with Gasteiger partial charge in [0.1, 0.15) is 11.8 Å². The van der Waals surface area contributed by atoms with Crippen molar-refractivity contribution < 1.29 is 24.2 Å². The highest BCUT2D eigenvalue weighted by atomic mass is 32.2. The van der Waals surface area contributed by atoms with Gasteiger partial charge in [0.25, 0.3) is 0 Å². The summed E-state index contributed by atoms with van der Waals surface area (Å²) in [5, 5.41) is 9.22. The Labute approximate surface area is 260 Å². The van der Waals surface area contributed by atoms with Crippen LogP contribution in [0.4, 0.5) is 5.69 Å². The van der Waals surface area contributed by atoms with E-state index in [1.807, 2.05) is 47.1 Å². The van der Waals surface area contributed by atoms with Crippen molar-refractivity contribution in [3.63, 3.8) is 0 Å². The number of benzene rings is 1. The molecule has 0 aromatic heterocycles. The summed E-state index contributed by atoms with van der Waals surface area (Å²) < 4.78 is 4.16. The standard InChI is InChI=1S/C34H47N3O5S/c1-4-6-9-20-35-21-13-19-34-28(31(40)37(29(34)32(35)41)22-10-7-8-11-24-38)27-30(39)36(23-12-18-33(27,3)43-34)25-14-16-26(17-15-25)42-5-2/h12-19,27-29,38H,4-11,20-24H2,1-3H3/t27-,28-,29?,33+,34-/m0/s1. The fourth-order valence-electron chi connectivity index (χ4n) is 7.43. The van der Waals surface area contributed by atoms with Crippen molar-refractivity contribution in [2.75, 3.05) is 44.3 Å². The number of likely N-dealkylation sites (tertiary alicyclic amines) is 1. The number of amides is 3. The normalized spacial score (nSPS) is 29.9. The van der Waals surface area contributed by atoms with Gasteiger partial charge >= 0.3 is 0 Å². The van der Waals surface area contributed by atoms with Crippen LogP contribution >= 0.6 is 11.8 Å². The lowest BCUT2D eigenvalue weighted by Gasteiger charge is -2.37. The quantitative estimate of drug-likeness (QED) is 0.255. The number of thioether (sulfide) groups is 1. The van der Waals surface area contributed by atoms with Crippen LogP contribution in [0.3, 0.4) is 0 Å². The van der Waals surface area contributed by atoms with Crippen LogP contribution in [0.5, 0.6) is 5.75 Å². The van der Waals surface area contributed by atoms with Crippen LogP contribution in [0.2, 0.25) is 0 Å². The second-order valence-electron chi connectivity index (χ2n) is 12.3. The van der Waals surface area contributed by atoms with Gasteiger partial charge in [-0.2, -0.15) is 0 Å².